The summed E-state index contributed by atoms with van der Waals surface area (Å²) in [6.45, 7) is 3.65. The highest BCUT2D eigenvalue weighted by atomic mass is 16.5. The molecule has 98 valence electrons. The number of carbonyl (C=O) groups is 2. The maximum absolute atomic E-state index is 11.5. The number of carbonyl (C=O) groups excluding carboxylic acids is 2. The number of amides is 3. The van der Waals surface area contributed by atoms with Crippen LogP contribution in [0.15, 0.2) is 4.99 Å². The van der Waals surface area contributed by atoms with Crippen LogP contribution in [0.25, 0.3) is 0 Å². The second kappa shape index (κ2) is 6.72. The van der Waals surface area contributed by atoms with Gasteiger partial charge in [0.2, 0.25) is 5.96 Å². The number of nitrogens with zero attached hydrogens (tertiary/aromatic N) is 3. The van der Waals surface area contributed by atoms with Crippen LogP contribution in [0.4, 0.5) is 9.59 Å². The van der Waals surface area contributed by atoms with Gasteiger partial charge in [-0.15, -0.1) is 0 Å². The zero-order chi connectivity index (χ0) is 13.6. The van der Waals surface area contributed by atoms with Crippen molar-refractivity contribution >= 4 is 18.1 Å². The second-order valence-corrected chi connectivity index (χ2v) is 3.94. The minimum atomic E-state index is -0.588. The lowest BCUT2D eigenvalue weighted by molar-refractivity contribution is 0.149. The van der Waals surface area contributed by atoms with Crippen LogP contribution in [0.3, 0.4) is 0 Å². The zero-order valence-corrected chi connectivity index (χ0v) is 11.1. The number of guanidine groups is 1. The molecule has 0 saturated heterocycles. The summed E-state index contributed by atoms with van der Waals surface area (Å²) in [5.41, 5.74) is 0. The summed E-state index contributed by atoms with van der Waals surface area (Å²) >= 11 is 0. The first-order chi connectivity index (χ1) is 7.79. The molecule has 0 spiro atoms. The van der Waals surface area contributed by atoms with Gasteiger partial charge in [0.05, 0.1) is 7.11 Å². The molecule has 0 aromatic carbocycles. The molecule has 0 fully saturated rings. The van der Waals surface area contributed by atoms with Crippen molar-refractivity contribution in [1.82, 2.24) is 15.1 Å². The van der Waals surface area contributed by atoms with Gasteiger partial charge in [0.1, 0.15) is 0 Å². The van der Waals surface area contributed by atoms with Crippen LogP contribution in [0, 0.1) is 0 Å². The molecule has 1 N–H and O–H groups in total. The molecule has 0 bridgehead atoms. The first-order valence-electron chi connectivity index (χ1n) is 5.17. The Bertz CT molecular complexity index is 313. The number of rotatable bonds is 1. The normalized spacial score (nSPS) is 11.1. The lowest BCUT2D eigenvalue weighted by atomic mass is 10.4. The Labute approximate surface area is 101 Å². The van der Waals surface area contributed by atoms with Crippen molar-refractivity contribution < 1.29 is 14.3 Å². The highest BCUT2D eigenvalue weighted by molar-refractivity contribution is 5.99. The van der Waals surface area contributed by atoms with Gasteiger partial charge in [-0.05, 0) is 13.8 Å². The summed E-state index contributed by atoms with van der Waals surface area (Å²) in [6.07, 6.45) is -0.588. The molecule has 0 aliphatic rings. The molecule has 0 aromatic heterocycles. The topological polar surface area (TPSA) is 74.2 Å². The molecule has 0 rings (SSSR count). The van der Waals surface area contributed by atoms with E-state index in [0.29, 0.717) is 0 Å². The Morgan fingerprint density at radius 2 is 1.76 bits per heavy atom. The quantitative estimate of drug-likeness (QED) is 0.545. The van der Waals surface area contributed by atoms with Crippen LogP contribution in [-0.2, 0) is 4.74 Å². The monoisotopic (exact) mass is 244 g/mol. The van der Waals surface area contributed by atoms with Crippen molar-refractivity contribution in [2.45, 2.75) is 19.9 Å². The van der Waals surface area contributed by atoms with Crippen molar-refractivity contribution in [1.29, 1.82) is 0 Å². The van der Waals surface area contributed by atoms with E-state index in [1.165, 1.54) is 14.2 Å². The van der Waals surface area contributed by atoms with Crippen LogP contribution in [0.1, 0.15) is 13.8 Å². The zero-order valence-electron chi connectivity index (χ0n) is 11.1. The third kappa shape index (κ3) is 5.19. The van der Waals surface area contributed by atoms with Gasteiger partial charge in [-0.1, -0.05) is 0 Å². The van der Waals surface area contributed by atoms with Crippen LogP contribution >= 0.6 is 0 Å². The van der Waals surface area contributed by atoms with Gasteiger partial charge >= 0.3 is 12.1 Å². The third-order valence-corrected chi connectivity index (χ3v) is 1.76. The van der Waals surface area contributed by atoms with E-state index in [-0.39, 0.29) is 12.0 Å². The van der Waals surface area contributed by atoms with Crippen molar-refractivity contribution in [3.8, 4) is 0 Å². The van der Waals surface area contributed by atoms with Crippen LogP contribution < -0.4 is 5.32 Å². The molecule has 0 saturated carbocycles. The van der Waals surface area contributed by atoms with E-state index in [4.69, 9.17) is 0 Å². The fourth-order valence-electron chi connectivity index (χ4n) is 1.06. The van der Waals surface area contributed by atoms with Gasteiger partial charge in [-0.3, -0.25) is 4.90 Å². The largest absolute Gasteiger partial charge is 0.452 e. The highest BCUT2D eigenvalue weighted by Gasteiger charge is 2.18. The van der Waals surface area contributed by atoms with E-state index in [9.17, 15) is 9.59 Å². The maximum Gasteiger partial charge on any atom is 0.416 e. The van der Waals surface area contributed by atoms with E-state index in [1.807, 2.05) is 13.8 Å². The van der Waals surface area contributed by atoms with E-state index < -0.39 is 12.1 Å². The molecule has 7 heteroatoms. The maximum atomic E-state index is 11.5. The smallest absolute Gasteiger partial charge is 0.416 e. The first kappa shape index (κ1) is 15.2. The number of urea groups is 1. The SMILES string of the molecule is COC(=O)N(C)/C(=N/C(=O)NC(C)C)N(C)C. The lowest BCUT2D eigenvalue weighted by Crippen LogP contribution is -2.43. The summed E-state index contributed by atoms with van der Waals surface area (Å²) in [4.78, 5) is 29.3. The number of nitrogens with one attached hydrogen (secondary N) is 1. The lowest BCUT2D eigenvalue weighted by Gasteiger charge is -2.23. The van der Waals surface area contributed by atoms with E-state index >= 15 is 0 Å². The Kier molecular flexibility index (Phi) is 6.01. The van der Waals surface area contributed by atoms with Crippen LogP contribution in [0.2, 0.25) is 0 Å². The highest BCUT2D eigenvalue weighted by Crippen LogP contribution is 1.96. The Hall–Kier alpha value is -1.79. The Morgan fingerprint density at radius 1 is 1.24 bits per heavy atom. The number of methoxy groups -OCH3 is 1. The molecule has 0 radical (unpaired) electrons. The molecular weight excluding hydrogens is 224 g/mol. The Morgan fingerprint density at radius 3 is 2.12 bits per heavy atom. The van der Waals surface area contributed by atoms with E-state index in [2.05, 4.69) is 15.0 Å². The molecule has 0 aliphatic carbocycles. The molecule has 7 nitrogen and oxygen atoms in total. The number of ether oxygens (including phenoxy) is 1. The molecule has 3 amide bonds. The summed E-state index contributed by atoms with van der Waals surface area (Å²) in [7, 11) is 6.11. The first-order valence-corrected chi connectivity index (χ1v) is 5.17. The Balaban J connectivity index is 4.91. The van der Waals surface area contributed by atoms with Crippen molar-refractivity contribution in [2.24, 2.45) is 4.99 Å². The van der Waals surface area contributed by atoms with Crippen molar-refractivity contribution in [2.75, 3.05) is 28.3 Å². The minimum Gasteiger partial charge on any atom is -0.452 e. The van der Waals surface area contributed by atoms with Gasteiger partial charge in [-0.25, -0.2) is 9.59 Å². The summed E-state index contributed by atoms with van der Waals surface area (Å²) in [5.74, 6) is 0.204. The molecule has 0 aromatic rings. The van der Waals surface area contributed by atoms with Crippen LogP contribution in [-0.4, -0.2) is 62.2 Å². The van der Waals surface area contributed by atoms with Gasteiger partial charge in [0.15, 0.2) is 0 Å². The fraction of sp³-hybridized carbons (Fsp3) is 0.700. The summed E-state index contributed by atoms with van der Waals surface area (Å²) in [5, 5.41) is 2.61. The number of hydrogen-bond acceptors (Lipinski definition) is 3. The number of hydrogen-bond donors (Lipinski definition) is 1. The van der Waals surface area contributed by atoms with Gasteiger partial charge < -0.3 is 15.0 Å². The average molecular weight is 244 g/mol. The molecule has 0 aliphatic heterocycles. The van der Waals surface area contributed by atoms with E-state index in [0.717, 1.165) is 4.90 Å². The third-order valence-electron chi connectivity index (χ3n) is 1.76. The fourth-order valence-corrected chi connectivity index (χ4v) is 1.06. The standard InChI is InChI=1S/C10H20N4O3/c1-7(2)11-8(15)12-9(13(3)4)14(5)10(16)17-6/h7H,1-6H3,(H,11,15)/b12-9+. The molecule has 0 heterocycles. The molecule has 0 atom stereocenters. The van der Waals surface area contributed by atoms with Gasteiger partial charge in [0, 0.05) is 27.2 Å². The molecule has 0 unspecified atom stereocenters. The minimum absolute atomic E-state index is 0.0157. The van der Waals surface area contributed by atoms with Gasteiger partial charge in [-0.2, -0.15) is 4.99 Å². The van der Waals surface area contributed by atoms with E-state index in [1.54, 1.807) is 19.0 Å². The van der Waals surface area contributed by atoms with Gasteiger partial charge in [0.25, 0.3) is 0 Å². The van der Waals surface area contributed by atoms with Crippen molar-refractivity contribution in [3.63, 3.8) is 0 Å². The number of aliphatic imine (C=N–C) groups is 1. The van der Waals surface area contributed by atoms with Crippen molar-refractivity contribution in [3.05, 3.63) is 0 Å². The molecule has 17 heavy (non-hydrogen) atoms. The second-order valence-electron chi connectivity index (χ2n) is 3.94. The summed E-state index contributed by atoms with van der Waals surface area (Å²) < 4.78 is 4.55. The predicted molar refractivity (Wildman–Crippen MR) is 65.0 cm³/mol. The summed E-state index contributed by atoms with van der Waals surface area (Å²) in [6, 6.07) is -0.516. The van der Waals surface area contributed by atoms with Crippen LogP contribution in [0.5, 0.6) is 0 Å². The molecular formula is C10H20N4O3. The average Bonchev–Trinajstić information content (AvgIpc) is 2.22. The predicted octanol–water partition coefficient (Wildman–Crippen LogP) is 0.720.